The first-order valence-corrected chi connectivity index (χ1v) is 6.97. The molecule has 1 aliphatic heterocycles. The van der Waals surface area contributed by atoms with E-state index in [1.165, 1.54) is 0 Å². The molecule has 5 heteroatoms. The number of ether oxygens (including phenoxy) is 1. The molecule has 0 amide bonds. The molecule has 1 aromatic rings. The second kappa shape index (κ2) is 7.01. The Morgan fingerprint density at radius 3 is 3.25 bits per heavy atom. The molecule has 1 aliphatic rings. The van der Waals surface area contributed by atoms with Crippen LogP contribution in [0.5, 0.6) is 0 Å². The highest BCUT2D eigenvalue weighted by Gasteiger charge is 2.26. The van der Waals surface area contributed by atoms with Gasteiger partial charge in [-0.1, -0.05) is 0 Å². The van der Waals surface area contributed by atoms with Crippen LogP contribution >= 0.6 is 0 Å². The van der Waals surface area contributed by atoms with Crippen LogP contribution in [0.3, 0.4) is 0 Å². The van der Waals surface area contributed by atoms with Gasteiger partial charge in [0.05, 0.1) is 12.5 Å². The van der Waals surface area contributed by atoms with E-state index in [1.807, 2.05) is 19.1 Å². The summed E-state index contributed by atoms with van der Waals surface area (Å²) < 4.78 is 5.10. The van der Waals surface area contributed by atoms with Crippen LogP contribution in [0.15, 0.2) is 18.3 Å². The molecule has 1 aromatic heterocycles. The molecule has 1 atom stereocenters. The number of pyridine rings is 1. The summed E-state index contributed by atoms with van der Waals surface area (Å²) in [5.74, 6) is -0.120. The minimum atomic E-state index is -0.0929. The maximum Gasteiger partial charge on any atom is 0.310 e. The number of hydrogen-bond donors (Lipinski definition) is 0. The van der Waals surface area contributed by atoms with E-state index in [2.05, 4.69) is 9.88 Å². The minimum absolute atomic E-state index is 0.0269. The summed E-state index contributed by atoms with van der Waals surface area (Å²) in [7, 11) is 0. The molecule has 1 saturated heterocycles. The molecule has 0 aliphatic carbocycles. The normalized spacial score (nSPS) is 19.3. The summed E-state index contributed by atoms with van der Waals surface area (Å²) >= 11 is 0. The van der Waals surface area contributed by atoms with Crippen molar-refractivity contribution in [1.82, 2.24) is 9.88 Å². The van der Waals surface area contributed by atoms with Crippen LogP contribution in [-0.2, 0) is 16.1 Å². The smallest absolute Gasteiger partial charge is 0.310 e. The first kappa shape index (κ1) is 14.5. The third-order valence-electron chi connectivity index (χ3n) is 3.47. The van der Waals surface area contributed by atoms with Crippen molar-refractivity contribution in [1.29, 1.82) is 5.26 Å². The Kier molecular flexibility index (Phi) is 5.08. The summed E-state index contributed by atoms with van der Waals surface area (Å²) in [5.41, 5.74) is 1.49. The van der Waals surface area contributed by atoms with E-state index in [-0.39, 0.29) is 11.9 Å². The van der Waals surface area contributed by atoms with Gasteiger partial charge in [-0.25, -0.2) is 4.98 Å². The molecular weight excluding hydrogens is 254 g/mol. The van der Waals surface area contributed by atoms with Gasteiger partial charge in [0.1, 0.15) is 11.8 Å². The molecule has 2 rings (SSSR count). The van der Waals surface area contributed by atoms with E-state index >= 15 is 0 Å². The Morgan fingerprint density at radius 1 is 1.65 bits per heavy atom. The number of carbonyl (C=O) groups excluding carboxylic acids is 1. The Bertz CT molecular complexity index is 510. The number of piperidine rings is 1. The van der Waals surface area contributed by atoms with Gasteiger partial charge in [-0.05, 0) is 44.0 Å². The highest BCUT2D eigenvalue weighted by Crippen LogP contribution is 2.19. The zero-order valence-corrected chi connectivity index (χ0v) is 11.7. The monoisotopic (exact) mass is 273 g/mol. The van der Waals surface area contributed by atoms with E-state index in [0.29, 0.717) is 12.3 Å². The van der Waals surface area contributed by atoms with Gasteiger partial charge in [0.2, 0.25) is 0 Å². The van der Waals surface area contributed by atoms with Gasteiger partial charge in [0, 0.05) is 19.3 Å². The molecule has 0 N–H and O–H groups in total. The predicted molar refractivity (Wildman–Crippen MR) is 73.6 cm³/mol. The number of hydrogen-bond acceptors (Lipinski definition) is 5. The molecule has 0 saturated carbocycles. The molecule has 2 heterocycles. The van der Waals surface area contributed by atoms with Gasteiger partial charge >= 0.3 is 5.97 Å². The molecule has 106 valence electrons. The van der Waals surface area contributed by atoms with E-state index in [1.54, 1.807) is 12.3 Å². The summed E-state index contributed by atoms with van der Waals surface area (Å²) in [6.45, 7) is 4.71. The van der Waals surface area contributed by atoms with Crippen LogP contribution in [-0.4, -0.2) is 35.5 Å². The van der Waals surface area contributed by atoms with Crippen molar-refractivity contribution < 1.29 is 9.53 Å². The molecule has 0 spiro atoms. The molecule has 20 heavy (non-hydrogen) atoms. The Morgan fingerprint density at radius 2 is 2.50 bits per heavy atom. The lowest BCUT2D eigenvalue weighted by Gasteiger charge is -2.31. The third-order valence-corrected chi connectivity index (χ3v) is 3.47. The predicted octanol–water partition coefficient (Wildman–Crippen LogP) is 1.73. The number of carbonyl (C=O) groups is 1. The van der Waals surface area contributed by atoms with Crippen molar-refractivity contribution in [2.45, 2.75) is 26.3 Å². The van der Waals surface area contributed by atoms with E-state index in [9.17, 15) is 4.79 Å². The number of esters is 1. The van der Waals surface area contributed by atoms with Crippen molar-refractivity contribution in [2.75, 3.05) is 19.7 Å². The SMILES string of the molecule is CCOC(=O)[C@H]1CCCN(Cc2ccnc(C#N)c2)C1. The fraction of sp³-hybridized carbons (Fsp3) is 0.533. The van der Waals surface area contributed by atoms with Crippen molar-refractivity contribution in [2.24, 2.45) is 5.92 Å². The van der Waals surface area contributed by atoms with Gasteiger partial charge < -0.3 is 4.74 Å². The second-order valence-corrected chi connectivity index (χ2v) is 4.99. The van der Waals surface area contributed by atoms with E-state index in [4.69, 9.17) is 10.00 Å². The van der Waals surface area contributed by atoms with Crippen LogP contribution in [0.1, 0.15) is 31.0 Å². The number of nitrogens with zero attached hydrogens (tertiary/aromatic N) is 3. The Hall–Kier alpha value is -1.93. The van der Waals surface area contributed by atoms with Crippen LogP contribution in [0.25, 0.3) is 0 Å². The lowest BCUT2D eigenvalue weighted by atomic mass is 9.98. The molecular formula is C15H19N3O2. The van der Waals surface area contributed by atoms with Gasteiger partial charge in [-0.3, -0.25) is 9.69 Å². The lowest BCUT2D eigenvalue weighted by molar-refractivity contribution is -0.150. The molecule has 0 bridgehead atoms. The summed E-state index contributed by atoms with van der Waals surface area (Å²) in [4.78, 5) is 18.0. The van der Waals surface area contributed by atoms with Crippen LogP contribution < -0.4 is 0 Å². The number of likely N-dealkylation sites (tertiary alicyclic amines) is 1. The largest absolute Gasteiger partial charge is 0.466 e. The summed E-state index contributed by atoms with van der Waals surface area (Å²) in [6, 6.07) is 5.76. The molecule has 0 radical (unpaired) electrons. The van der Waals surface area contributed by atoms with Gasteiger partial charge in [-0.2, -0.15) is 5.26 Å². The Labute approximate surface area is 119 Å². The zero-order valence-electron chi connectivity index (χ0n) is 11.7. The number of rotatable bonds is 4. The maximum absolute atomic E-state index is 11.8. The van der Waals surface area contributed by atoms with Crippen molar-refractivity contribution in [3.8, 4) is 6.07 Å². The number of aromatic nitrogens is 1. The van der Waals surface area contributed by atoms with Crippen molar-refractivity contribution >= 4 is 5.97 Å². The molecule has 5 nitrogen and oxygen atoms in total. The first-order chi connectivity index (χ1) is 9.72. The number of nitriles is 1. The second-order valence-electron chi connectivity index (χ2n) is 4.99. The summed E-state index contributed by atoms with van der Waals surface area (Å²) in [5, 5.41) is 8.85. The third kappa shape index (κ3) is 3.78. The zero-order chi connectivity index (χ0) is 14.4. The van der Waals surface area contributed by atoms with Crippen molar-refractivity contribution in [3.05, 3.63) is 29.6 Å². The molecule has 1 fully saturated rings. The quantitative estimate of drug-likeness (QED) is 0.782. The lowest BCUT2D eigenvalue weighted by Crippen LogP contribution is -2.38. The van der Waals surface area contributed by atoms with Gasteiger partial charge in [-0.15, -0.1) is 0 Å². The minimum Gasteiger partial charge on any atom is -0.466 e. The maximum atomic E-state index is 11.8. The summed E-state index contributed by atoms with van der Waals surface area (Å²) in [6.07, 6.45) is 3.55. The average molecular weight is 273 g/mol. The van der Waals surface area contributed by atoms with Crippen molar-refractivity contribution in [3.63, 3.8) is 0 Å². The molecule has 0 unspecified atom stereocenters. The highest BCUT2D eigenvalue weighted by atomic mass is 16.5. The fourth-order valence-electron chi connectivity index (χ4n) is 2.54. The highest BCUT2D eigenvalue weighted by molar-refractivity contribution is 5.72. The van der Waals surface area contributed by atoms with Crippen LogP contribution in [0.2, 0.25) is 0 Å². The van der Waals surface area contributed by atoms with Crippen LogP contribution in [0, 0.1) is 17.2 Å². The fourth-order valence-corrected chi connectivity index (χ4v) is 2.54. The van der Waals surface area contributed by atoms with E-state index in [0.717, 1.165) is 38.0 Å². The topological polar surface area (TPSA) is 66.2 Å². The standard InChI is InChI=1S/C15H19N3O2/c1-2-20-15(19)13-4-3-7-18(11-13)10-12-5-6-17-14(8-12)9-16/h5-6,8,13H,2-4,7,10-11H2,1H3/t13-/m0/s1. The van der Waals surface area contributed by atoms with Gasteiger partial charge in [0.15, 0.2) is 0 Å². The van der Waals surface area contributed by atoms with Crippen LogP contribution in [0.4, 0.5) is 0 Å². The Balaban J connectivity index is 1.95. The van der Waals surface area contributed by atoms with Gasteiger partial charge in [0.25, 0.3) is 0 Å². The average Bonchev–Trinajstić information content (AvgIpc) is 2.48. The molecule has 0 aromatic carbocycles. The van der Waals surface area contributed by atoms with E-state index < -0.39 is 0 Å². The first-order valence-electron chi connectivity index (χ1n) is 6.97.